The first-order chi connectivity index (χ1) is 23.9. The Morgan fingerprint density at radius 3 is 2.26 bits per heavy atom. The van der Waals surface area contributed by atoms with Crippen molar-refractivity contribution < 1.29 is 47.8 Å². The fourth-order valence-electron chi connectivity index (χ4n) is 10.6. The number of likely N-dealkylation sites (tertiary alicyclic amines) is 1. The van der Waals surface area contributed by atoms with Gasteiger partial charge in [-0.1, -0.05) is 26.8 Å². The van der Waals surface area contributed by atoms with E-state index in [9.17, 15) is 9.90 Å². The number of aliphatic hydroxyl groups is 1. The van der Waals surface area contributed by atoms with Crippen molar-refractivity contribution in [3.63, 3.8) is 0 Å². The number of carbonyl (C=O) groups excluding carboxylic acids is 1. The van der Waals surface area contributed by atoms with Gasteiger partial charge in [0.2, 0.25) is 0 Å². The van der Waals surface area contributed by atoms with E-state index in [-0.39, 0.29) is 41.5 Å². The van der Waals surface area contributed by atoms with Gasteiger partial charge in [0.1, 0.15) is 18.3 Å². The van der Waals surface area contributed by atoms with Gasteiger partial charge in [-0.2, -0.15) is 0 Å². The molecule has 1 aromatic carbocycles. The number of methoxy groups -OCH3 is 2. The van der Waals surface area contributed by atoms with E-state index in [4.69, 9.17) is 37.9 Å². The van der Waals surface area contributed by atoms with Gasteiger partial charge in [0.15, 0.2) is 11.5 Å². The van der Waals surface area contributed by atoms with Crippen LogP contribution < -0.4 is 9.47 Å². The third kappa shape index (κ3) is 5.78. The normalized spacial score (nSPS) is 33.5. The number of hydrogen-bond donors (Lipinski definition) is 1. The van der Waals surface area contributed by atoms with Crippen molar-refractivity contribution in [1.29, 1.82) is 0 Å². The van der Waals surface area contributed by atoms with Crippen molar-refractivity contribution >= 4 is 6.16 Å². The first kappa shape index (κ1) is 36.4. The van der Waals surface area contributed by atoms with E-state index in [0.717, 1.165) is 51.1 Å². The lowest BCUT2D eigenvalue weighted by Crippen LogP contribution is -2.83. The number of ether oxygens (including phenoxy) is 8. The van der Waals surface area contributed by atoms with Crippen LogP contribution in [0, 0.1) is 22.7 Å². The van der Waals surface area contributed by atoms with Crippen molar-refractivity contribution in [2.24, 2.45) is 22.7 Å². The minimum absolute atomic E-state index is 0.0601. The second kappa shape index (κ2) is 13.8. The van der Waals surface area contributed by atoms with Crippen LogP contribution in [-0.2, 0) is 40.3 Å². The lowest BCUT2D eigenvalue weighted by molar-refractivity contribution is -0.312. The van der Waals surface area contributed by atoms with Crippen molar-refractivity contribution in [2.45, 2.75) is 101 Å². The molecule has 11 nitrogen and oxygen atoms in total. The minimum Gasteiger partial charge on any atom is -0.482 e. The number of nitrogens with zero attached hydrogens (tertiary/aromatic N) is 1. The summed E-state index contributed by atoms with van der Waals surface area (Å²) in [5.74, 6) is 1.71. The Kier molecular flexibility index (Phi) is 10.0. The number of hydrogen-bond acceptors (Lipinski definition) is 11. The molecule has 0 aromatic heterocycles. The molecule has 0 radical (unpaired) electrons. The molecule has 2 spiro atoms. The average Bonchev–Trinajstić information content (AvgIpc) is 3.83. The van der Waals surface area contributed by atoms with Gasteiger partial charge in [-0.25, -0.2) is 4.79 Å². The van der Waals surface area contributed by atoms with Crippen LogP contribution in [0.3, 0.4) is 0 Å². The average molecular weight is 702 g/mol. The lowest BCUT2D eigenvalue weighted by atomic mass is 9.33. The van der Waals surface area contributed by atoms with Crippen molar-refractivity contribution in [1.82, 2.24) is 4.90 Å². The predicted octanol–water partition coefficient (Wildman–Crippen LogP) is 4.92. The summed E-state index contributed by atoms with van der Waals surface area (Å²) in [7, 11) is 3.44. The highest BCUT2D eigenvalue weighted by molar-refractivity contribution is 5.70. The first-order valence-electron chi connectivity index (χ1n) is 18.9. The van der Waals surface area contributed by atoms with Gasteiger partial charge in [-0.3, -0.25) is 4.90 Å². The van der Waals surface area contributed by atoms with Crippen molar-refractivity contribution in [2.75, 3.05) is 80.2 Å². The van der Waals surface area contributed by atoms with Crippen LogP contribution in [0.25, 0.3) is 0 Å². The monoisotopic (exact) mass is 701 g/mol. The summed E-state index contributed by atoms with van der Waals surface area (Å²) < 4.78 is 46.6. The van der Waals surface area contributed by atoms with E-state index in [2.05, 4.69) is 31.7 Å². The summed E-state index contributed by atoms with van der Waals surface area (Å²) in [4.78, 5) is 15.8. The van der Waals surface area contributed by atoms with E-state index >= 15 is 0 Å². The molecule has 1 aromatic rings. The molecule has 1 N–H and O–H groups in total. The van der Waals surface area contributed by atoms with Gasteiger partial charge in [0, 0.05) is 49.1 Å². The van der Waals surface area contributed by atoms with Crippen LogP contribution in [0.5, 0.6) is 11.5 Å². The molecule has 50 heavy (non-hydrogen) atoms. The molecular formula is C39H59NO10. The van der Waals surface area contributed by atoms with Crippen LogP contribution in [0.1, 0.15) is 77.3 Å². The lowest BCUT2D eigenvalue weighted by Gasteiger charge is -2.75. The van der Waals surface area contributed by atoms with Crippen molar-refractivity contribution in [3.8, 4) is 11.5 Å². The first-order valence-corrected chi connectivity index (χ1v) is 18.9. The fraction of sp³-hybridized carbons (Fsp3) is 0.821. The maximum atomic E-state index is 13.0. The summed E-state index contributed by atoms with van der Waals surface area (Å²) in [6, 6.07) is 4.39. The van der Waals surface area contributed by atoms with Crippen LogP contribution >= 0.6 is 0 Å². The number of rotatable bonds is 17. The molecule has 5 aliphatic carbocycles. The zero-order valence-electron chi connectivity index (χ0n) is 31.1. The molecule has 0 amide bonds. The Morgan fingerprint density at radius 2 is 1.62 bits per heavy atom. The molecule has 4 saturated carbocycles. The Morgan fingerprint density at radius 1 is 0.940 bits per heavy atom. The Labute approximate surface area is 297 Å². The smallest absolute Gasteiger partial charge is 0.482 e. The maximum Gasteiger partial charge on any atom is 0.514 e. The second-order valence-corrected chi connectivity index (χ2v) is 16.8. The highest BCUT2D eigenvalue weighted by Gasteiger charge is 2.82. The Balaban J connectivity index is 1.08. The topological polar surface area (TPSA) is 114 Å². The highest BCUT2D eigenvalue weighted by atomic mass is 16.7. The molecule has 2 heterocycles. The molecule has 4 bridgehead atoms. The largest absolute Gasteiger partial charge is 0.514 e. The van der Waals surface area contributed by atoms with Crippen molar-refractivity contribution in [3.05, 3.63) is 23.3 Å². The molecule has 8 rings (SSSR count). The fourth-order valence-corrected chi connectivity index (χ4v) is 10.6. The number of piperidine rings is 1. The Bertz CT molecular complexity index is 1390. The minimum atomic E-state index is -0.998. The van der Waals surface area contributed by atoms with Gasteiger partial charge in [-0.15, -0.1) is 0 Å². The summed E-state index contributed by atoms with van der Waals surface area (Å²) >= 11 is 0. The van der Waals surface area contributed by atoms with E-state index in [1.807, 2.05) is 13.0 Å². The predicted molar refractivity (Wildman–Crippen MR) is 185 cm³/mol. The molecule has 0 unspecified atom stereocenters. The zero-order chi connectivity index (χ0) is 35.4. The van der Waals surface area contributed by atoms with E-state index in [1.165, 1.54) is 24.0 Å². The maximum absolute atomic E-state index is 13.0. The number of carbonyl (C=O) groups is 1. The quantitative estimate of drug-likeness (QED) is 0.136. The van der Waals surface area contributed by atoms with E-state index in [1.54, 1.807) is 14.2 Å². The molecule has 2 aliphatic heterocycles. The molecule has 7 aliphatic rings. The SMILES string of the molecule is COCCOCCOCCOCCOC(=O)Oc1ccc2c3c1O[C@H]1[C@]4(OC)CC[C@@]5(C[C@@H]4[C@@](C)(O)C(C)(C)C)[C@@H](C2)N(CC2CC2)CC[C@]315. The van der Waals surface area contributed by atoms with Gasteiger partial charge in [-0.05, 0) is 81.4 Å². The van der Waals surface area contributed by atoms with E-state index < -0.39 is 17.4 Å². The highest BCUT2D eigenvalue weighted by Crippen LogP contribution is 2.78. The molecular weight excluding hydrogens is 642 g/mol. The standard InChI is InChI=1S/C39H59NO10/c1-35(2,3)36(4,42)29-24-37-11-12-39(29,44-6)33-38(37)13-14-40(25-26-7-8-26)30(37)23-27-9-10-28(32(50-33)31(27)38)49-34(41)48-22-21-47-20-19-46-18-17-45-16-15-43-5/h9-10,26,29-30,33,42H,7-8,11-25H2,1-6H3/t29-,30-,33-,36-,37-,38+,39+/m1/s1. The number of benzene rings is 1. The number of fused-ring (bicyclic) bond motifs is 2. The third-order valence-electron chi connectivity index (χ3n) is 13.7. The van der Waals surface area contributed by atoms with Crippen LogP contribution in [0.15, 0.2) is 12.1 Å². The second-order valence-electron chi connectivity index (χ2n) is 16.8. The van der Waals surface area contributed by atoms with Gasteiger partial charge >= 0.3 is 6.16 Å². The van der Waals surface area contributed by atoms with Crippen LogP contribution in [0.4, 0.5) is 4.79 Å². The van der Waals surface area contributed by atoms with Gasteiger partial charge < -0.3 is 43.0 Å². The molecule has 5 fully saturated rings. The van der Waals surface area contributed by atoms with E-state index in [0.29, 0.717) is 57.2 Å². The van der Waals surface area contributed by atoms with Gasteiger partial charge in [0.25, 0.3) is 0 Å². The van der Waals surface area contributed by atoms with Gasteiger partial charge in [0.05, 0.1) is 51.8 Å². The summed E-state index contributed by atoms with van der Waals surface area (Å²) in [6.45, 7) is 13.8. The molecule has 11 heteroatoms. The molecule has 7 atom stereocenters. The zero-order valence-corrected chi connectivity index (χ0v) is 31.1. The third-order valence-corrected chi connectivity index (χ3v) is 13.7. The van der Waals surface area contributed by atoms with Crippen LogP contribution in [-0.4, -0.2) is 120 Å². The molecule has 280 valence electrons. The summed E-state index contributed by atoms with van der Waals surface area (Å²) in [5.41, 5.74) is 0.0705. The summed E-state index contributed by atoms with van der Waals surface area (Å²) in [5, 5.41) is 12.5. The summed E-state index contributed by atoms with van der Waals surface area (Å²) in [6.07, 6.45) is 6.21. The molecule has 1 saturated heterocycles. The Hall–Kier alpha value is -1.99. The van der Waals surface area contributed by atoms with Crippen LogP contribution in [0.2, 0.25) is 0 Å².